The largest absolute Gasteiger partial charge is 0.508 e. The zero-order chi connectivity index (χ0) is 14.8. The minimum absolute atomic E-state index is 0.0992. The lowest BCUT2D eigenvalue weighted by atomic mass is 9.86. The SMILES string of the molecule is Cc1cc(C(=O)NC(C(=O)O)C(C)(C)C)ccc1O. The van der Waals surface area contributed by atoms with Crippen molar-refractivity contribution in [1.29, 1.82) is 0 Å². The van der Waals surface area contributed by atoms with Gasteiger partial charge in [-0.15, -0.1) is 0 Å². The van der Waals surface area contributed by atoms with Gasteiger partial charge in [0, 0.05) is 5.56 Å². The maximum atomic E-state index is 12.0. The van der Waals surface area contributed by atoms with E-state index in [0.717, 1.165) is 0 Å². The van der Waals surface area contributed by atoms with Crippen LogP contribution in [0.4, 0.5) is 0 Å². The molecule has 0 radical (unpaired) electrons. The normalized spacial score (nSPS) is 12.8. The van der Waals surface area contributed by atoms with Crippen molar-refractivity contribution in [2.75, 3.05) is 0 Å². The van der Waals surface area contributed by atoms with Gasteiger partial charge in [-0.25, -0.2) is 4.79 Å². The maximum Gasteiger partial charge on any atom is 0.326 e. The van der Waals surface area contributed by atoms with E-state index in [4.69, 9.17) is 5.11 Å². The maximum absolute atomic E-state index is 12.0. The molecule has 0 spiro atoms. The van der Waals surface area contributed by atoms with Gasteiger partial charge in [-0.1, -0.05) is 20.8 Å². The second kappa shape index (κ2) is 5.30. The Morgan fingerprint density at radius 1 is 1.26 bits per heavy atom. The monoisotopic (exact) mass is 265 g/mol. The van der Waals surface area contributed by atoms with Gasteiger partial charge in [0.15, 0.2) is 0 Å². The smallest absolute Gasteiger partial charge is 0.326 e. The van der Waals surface area contributed by atoms with Crippen molar-refractivity contribution in [3.8, 4) is 5.75 Å². The topological polar surface area (TPSA) is 86.6 Å². The molecule has 0 fully saturated rings. The molecule has 5 nitrogen and oxygen atoms in total. The fourth-order valence-corrected chi connectivity index (χ4v) is 1.66. The summed E-state index contributed by atoms with van der Waals surface area (Å²) < 4.78 is 0. The van der Waals surface area contributed by atoms with Crippen LogP contribution in [0.1, 0.15) is 36.7 Å². The number of hydrogen-bond donors (Lipinski definition) is 3. The summed E-state index contributed by atoms with van der Waals surface area (Å²) in [4.78, 5) is 23.2. The average molecular weight is 265 g/mol. The lowest BCUT2D eigenvalue weighted by Crippen LogP contribution is -2.49. The van der Waals surface area contributed by atoms with Gasteiger partial charge in [0.2, 0.25) is 0 Å². The zero-order valence-electron chi connectivity index (χ0n) is 11.5. The van der Waals surface area contributed by atoms with Crippen LogP contribution < -0.4 is 5.32 Å². The molecule has 0 aliphatic carbocycles. The van der Waals surface area contributed by atoms with E-state index in [0.29, 0.717) is 11.1 Å². The number of amides is 1. The molecule has 0 saturated heterocycles. The van der Waals surface area contributed by atoms with Gasteiger partial charge in [0.05, 0.1) is 0 Å². The highest BCUT2D eigenvalue weighted by molar-refractivity contribution is 5.97. The Kier molecular flexibility index (Phi) is 4.19. The first-order chi connectivity index (χ1) is 8.62. The van der Waals surface area contributed by atoms with Crippen LogP contribution in [0.25, 0.3) is 0 Å². The van der Waals surface area contributed by atoms with Gasteiger partial charge in [-0.2, -0.15) is 0 Å². The molecule has 3 N–H and O–H groups in total. The van der Waals surface area contributed by atoms with Gasteiger partial charge in [-0.05, 0) is 36.1 Å². The predicted octanol–water partition coefficient (Wildman–Crippen LogP) is 1.93. The number of carboxylic acids is 1. The number of carbonyl (C=O) groups is 2. The Morgan fingerprint density at radius 2 is 1.84 bits per heavy atom. The summed E-state index contributed by atoms with van der Waals surface area (Å²) in [6, 6.07) is 3.41. The van der Waals surface area contributed by atoms with Crippen molar-refractivity contribution in [2.45, 2.75) is 33.7 Å². The molecule has 1 aromatic carbocycles. The Morgan fingerprint density at radius 3 is 2.26 bits per heavy atom. The summed E-state index contributed by atoms with van der Waals surface area (Å²) in [5.41, 5.74) is 0.300. The molecule has 1 aromatic rings. The average Bonchev–Trinajstić information content (AvgIpc) is 2.27. The van der Waals surface area contributed by atoms with Gasteiger partial charge < -0.3 is 15.5 Å². The first-order valence-corrected chi connectivity index (χ1v) is 5.96. The summed E-state index contributed by atoms with van der Waals surface area (Å²) in [5.74, 6) is -1.44. The fourth-order valence-electron chi connectivity index (χ4n) is 1.66. The molecule has 1 atom stereocenters. The van der Waals surface area contributed by atoms with Crippen LogP contribution in [0, 0.1) is 12.3 Å². The molecule has 5 heteroatoms. The van der Waals surface area contributed by atoms with Crippen LogP contribution in [-0.2, 0) is 4.79 Å². The van der Waals surface area contributed by atoms with Gasteiger partial charge in [0.25, 0.3) is 5.91 Å². The second-order valence-electron chi connectivity index (χ2n) is 5.61. The summed E-state index contributed by atoms with van der Waals surface area (Å²) in [7, 11) is 0. The van der Waals surface area contributed by atoms with Crippen LogP contribution in [0.3, 0.4) is 0 Å². The van der Waals surface area contributed by atoms with Crippen molar-refractivity contribution in [3.05, 3.63) is 29.3 Å². The van der Waals surface area contributed by atoms with Gasteiger partial charge in [-0.3, -0.25) is 4.79 Å². The zero-order valence-corrected chi connectivity index (χ0v) is 11.5. The van der Waals surface area contributed by atoms with Crippen LogP contribution in [0.2, 0.25) is 0 Å². The summed E-state index contributed by atoms with van der Waals surface area (Å²) in [6.45, 7) is 6.90. The minimum Gasteiger partial charge on any atom is -0.508 e. The number of benzene rings is 1. The number of phenols is 1. The highest BCUT2D eigenvalue weighted by Crippen LogP contribution is 2.21. The third kappa shape index (κ3) is 3.71. The molecule has 1 rings (SSSR count). The van der Waals surface area contributed by atoms with Crippen LogP contribution >= 0.6 is 0 Å². The Hall–Kier alpha value is -2.04. The molecule has 0 heterocycles. The molecule has 104 valence electrons. The molecule has 0 aromatic heterocycles. The number of carbonyl (C=O) groups excluding carboxylic acids is 1. The number of nitrogens with one attached hydrogen (secondary N) is 1. The second-order valence-corrected chi connectivity index (χ2v) is 5.61. The van der Waals surface area contributed by atoms with E-state index in [1.54, 1.807) is 27.7 Å². The van der Waals surface area contributed by atoms with Gasteiger partial charge in [0.1, 0.15) is 11.8 Å². The molecule has 0 aliphatic heterocycles. The third-order valence-corrected chi connectivity index (χ3v) is 2.85. The summed E-state index contributed by atoms with van der Waals surface area (Å²) in [6.07, 6.45) is 0. The number of rotatable bonds is 3. The molecule has 1 amide bonds. The fraction of sp³-hybridized carbons (Fsp3) is 0.429. The predicted molar refractivity (Wildman–Crippen MR) is 71.2 cm³/mol. The molecular formula is C14H19NO4. The number of aromatic hydroxyl groups is 1. The summed E-state index contributed by atoms with van der Waals surface area (Å²) in [5, 5.41) is 21.0. The lowest BCUT2D eigenvalue weighted by Gasteiger charge is -2.27. The van der Waals surface area contributed by atoms with E-state index < -0.39 is 23.3 Å². The number of aryl methyl sites for hydroxylation is 1. The number of hydrogen-bond acceptors (Lipinski definition) is 3. The van der Waals surface area contributed by atoms with Crippen molar-refractivity contribution in [1.82, 2.24) is 5.32 Å². The minimum atomic E-state index is -1.07. The van der Waals surface area contributed by atoms with E-state index in [-0.39, 0.29) is 5.75 Å². The first-order valence-electron chi connectivity index (χ1n) is 5.96. The van der Waals surface area contributed by atoms with Crippen molar-refractivity contribution in [2.24, 2.45) is 5.41 Å². The Bertz CT molecular complexity index is 503. The highest BCUT2D eigenvalue weighted by atomic mass is 16.4. The van der Waals surface area contributed by atoms with E-state index in [2.05, 4.69) is 5.32 Å². The quantitative estimate of drug-likeness (QED) is 0.779. The Balaban J connectivity index is 2.94. The van der Waals surface area contributed by atoms with E-state index in [1.165, 1.54) is 18.2 Å². The summed E-state index contributed by atoms with van der Waals surface area (Å²) >= 11 is 0. The van der Waals surface area contributed by atoms with Crippen molar-refractivity contribution >= 4 is 11.9 Å². The number of carboxylic acid groups (broad SMARTS) is 1. The lowest BCUT2D eigenvalue weighted by molar-refractivity contribution is -0.142. The van der Waals surface area contributed by atoms with E-state index in [9.17, 15) is 14.7 Å². The highest BCUT2D eigenvalue weighted by Gasteiger charge is 2.32. The molecule has 0 saturated carbocycles. The molecule has 1 unspecified atom stereocenters. The van der Waals surface area contributed by atoms with Crippen LogP contribution in [-0.4, -0.2) is 28.1 Å². The van der Waals surface area contributed by atoms with Gasteiger partial charge >= 0.3 is 5.97 Å². The number of aliphatic carboxylic acids is 1. The number of phenolic OH excluding ortho intramolecular Hbond substituents is 1. The molecular weight excluding hydrogens is 246 g/mol. The standard InChI is InChI=1S/C14H19NO4/c1-8-7-9(5-6-10(8)16)12(17)15-11(13(18)19)14(2,3)4/h5-7,11,16H,1-4H3,(H,15,17)(H,18,19). The molecule has 0 bridgehead atoms. The van der Waals surface area contributed by atoms with Crippen LogP contribution in [0.15, 0.2) is 18.2 Å². The third-order valence-electron chi connectivity index (χ3n) is 2.85. The van der Waals surface area contributed by atoms with Crippen LogP contribution in [0.5, 0.6) is 5.75 Å². The van der Waals surface area contributed by atoms with E-state index in [1.807, 2.05) is 0 Å². The van der Waals surface area contributed by atoms with E-state index >= 15 is 0 Å². The first kappa shape index (κ1) is 15.0. The Labute approximate surface area is 112 Å². The van der Waals surface area contributed by atoms with Crippen molar-refractivity contribution < 1.29 is 19.8 Å². The van der Waals surface area contributed by atoms with Crippen molar-refractivity contribution in [3.63, 3.8) is 0 Å². The molecule has 19 heavy (non-hydrogen) atoms. The molecule has 0 aliphatic rings.